The van der Waals surface area contributed by atoms with Gasteiger partial charge in [0.05, 0.1) is 13.2 Å². The number of ether oxygens (including phenoxy) is 1. The number of carbonyl (C=O) groups excluding carboxylic acids is 1. The largest absolute Gasteiger partial charge is 0.378 e. The van der Waals surface area contributed by atoms with Crippen LogP contribution in [0.2, 0.25) is 0 Å². The Morgan fingerprint density at radius 1 is 1.29 bits per heavy atom. The van der Waals surface area contributed by atoms with Gasteiger partial charge in [-0.3, -0.25) is 4.79 Å². The number of morpholine rings is 1. The lowest BCUT2D eigenvalue weighted by Crippen LogP contribution is -2.37. The molecule has 0 bridgehead atoms. The summed E-state index contributed by atoms with van der Waals surface area (Å²) in [7, 11) is 0. The van der Waals surface area contributed by atoms with E-state index in [1.54, 1.807) is 6.07 Å². The zero-order valence-corrected chi connectivity index (χ0v) is 12.5. The Morgan fingerprint density at radius 3 is 2.71 bits per heavy atom. The zero-order valence-electron chi connectivity index (χ0n) is 12.5. The number of hydrogen-bond donors (Lipinski definition) is 1. The van der Waals surface area contributed by atoms with Crippen LogP contribution < -0.4 is 10.2 Å². The Bertz CT molecular complexity index is 508. The molecule has 1 aromatic heterocycles. The Hall–Kier alpha value is -1.69. The van der Waals surface area contributed by atoms with Gasteiger partial charge in [0, 0.05) is 25.2 Å². The van der Waals surface area contributed by atoms with Crippen molar-refractivity contribution in [3.05, 3.63) is 17.6 Å². The molecular weight excluding hydrogens is 268 g/mol. The number of aryl methyl sites for hydroxylation is 1. The number of nitrogens with one attached hydrogen (secondary N) is 1. The fourth-order valence-corrected chi connectivity index (χ4v) is 2.95. The van der Waals surface area contributed by atoms with Crippen molar-refractivity contribution >= 4 is 11.7 Å². The molecule has 114 valence electrons. The molecule has 3 rings (SSSR count). The highest BCUT2D eigenvalue weighted by Crippen LogP contribution is 2.19. The van der Waals surface area contributed by atoms with E-state index in [4.69, 9.17) is 4.74 Å². The van der Waals surface area contributed by atoms with Crippen molar-refractivity contribution in [1.82, 2.24) is 15.3 Å². The number of carbonyl (C=O) groups is 1. The number of amides is 1. The Balaban J connectivity index is 1.74. The monoisotopic (exact) mass is 290 g/mol. The second-order valence-corrected chi connectivity index (χ2v) is 5.71. The van der Waals surface area contributed by atoms with Gasteiger partial charge in [0.25, 0.3) is 5.91 Å². The van der Waals surface area contributed by atoms with E-state index in [9.17, 15) is 4.79 Å². The summed E-state index contributed by atoms with van der Waals surface area (Å²) < 4.78 is 5.35. The van der Waals surface area contributed by atoms with Crippen LogP contribution in [0, 0.1) is 6.92 Å². The second kappa shape index (κ2) is 6.39. The third kappa shape index (κ3) is 3.50. The molecule has 0 spiro atoms. The molecule has 6 nitrogen and oxygen atoms in total. The summed E-state index contributed by atoms with van der Waals surface area (Å²) in [5, 5.41) is 3.08. The van der Waals surface area contributed by atoms with Crippen molar-refractivity contribution in [3.8, 4) is 0 Å². The molecule has 2 aliphatic rings. The highest BCUT2D eigenvalue weighted by molar-refractivity contribution is 5.93. The molecule has 0 unspecified atom stereocenters. The highest BCUT2D eigenvalue weighted by atomic mass is 16.5. The molecule has 6 heteroatoms. The minimum Gasteiger partial charge on any atom is -0.378 e. The van der Waals surface area contributed by atoms with Gasteiger partial charge in [-0.25, -0.2) is 9.97 Å². The molecule has 21 heavy (non-hydrogen) atoms. The van der Waals surface area contributed by atoms with E-state index in [0.717, 1.165) is 31.7 Å². The van der Waals surface area contributed by atoms with Gasteiger partial charge < -0.3 is 15.0 Å². The lowest BCUT2D eigenvalue weighted by Gasteiger charge is -2.28. The Kier molecular flexibility index (Phi) is 4.34. The van der Waals surface area contributed by atoms with Gasteiger partial charge in [0.15, 0.2) is 0 Å². The smallest absolute Gasteiger partial charge is 0.270 e. The van der Waals surface area contributed by atoms with E-state index in [0.29, 0.717) is 30.8 Å². The summed E-state index contributed by atoms with van der Waals surface area (Å²) in [5.41, 5.74) is 0.468. The highest BCUT2D eigenvalue weighted by Gasteiger charge is 2.21. The SMILES string of the molecule is Cc1nc(C(=O)NC2CCCC2)cc(N2CCOCC2)n1. The maximum Gasteiger partial charge on any atom is 0.270 e. The molecule has 1 aliphatic heterocycles. The second-order valence-electron chi connectivity index (χ2n) is 5.71. The first-order chi connectivity index (χ1) is 10.2. The summed E-state index contributed by atoms with van der Waals surface area (Å²) in [6.45, 7) is 4.84. The van der Waals surface area contributed by atoms with Gasteiger partial charge in [0.1, 0.15) is 17.3 Å². The van der Waals surface area contributed by atoms with Crippen molar-refractivity contribution < 1.29 is 9.53 Å². The van der Waals surface area contributed by atoms with Crippen molar-refractivity contribution in [2.24, 2.45) is 0 Å². The number of hydrogen-bond acceptors (Lipinski definition) is 5. The van der Waals surface area contributed by atoms with E-state index < -0.39 is 0 Å². The van der Waals surface area contributed by atoms with Crippen LogP contribution in [0.3, 0.4) is 0 Å². The zero-order chi connectivity index (χ0) is 14.7. The molecule has 1 N–H and O–H groups in total. The fourth-order valence-electron chi connectivity index (χ4n) is 2.95. The van der Waals surface area contributed by atoms with Gasteiger partial charge >= 0.3 is 0 Å². The summed E-state index contributed by atoms with van der Waals surface area (Å²) in [6.07, 6.45) is 4.55. The number of rotatable bonds is 3. The van der Waals surface area contributed by atoms with Gasteiger partial charge in [-0.2, -0.15) is 0 Å². The molecule has 1 saturated heterocycles. The van der Waals surface area contributed by atoms with Gasteiger partial charge in [-0.15, -0.1) is 0 Å². The van der Waals surface area contributed by atoms with E-state index in [1.807, 2.05) is 6.92 Å². The van der Waals surface area contributed by atoms with Crippen LogP contribution in [0.25, 0.3) is 0 Å². The maximum atomic E-state index is 12.3. The molecule has 2 fully saturated rings. The lowest BCUT2D eigenvalue weighted by molar-refractivity contribution is 0.0932. The molecule has 0 atom stereocenters. The van der Waals surface area contributed by atoms with Gasteiger partial charge in [-0.05, 0) is 19.8 Å². The third-order valence-electron chi connectivity index (χ3n) is 4.08. The standard InChI is InChI=1S/C15H22N4O2/c1-11-16-13(15(20)18-12-4-2-3-5-12)10-14(17-11)19-6-8-21-9-7-19/h10,12H,2-9H2,1H3,(H,18,20). The quantitative estimate of drug-likeness (QED) is 0.908. The summed E-state index contributed by atoms with van der Waals surface area (Å²) in [5.74, 6) is 1.37. The minimum atomic E-state index is -0.0816. The first-order valence-corrected chi connectivity index (χ1v) is 7.71. The average Bonchev–Trinajstić information content (AvgIpc) is 3.00. The van der Waals surface area contributed by atoms with Crippen LogP contribution in [0.5, 0.6) is 0 Å². The van der Waals surface area contributed by atoms with Crippen LogP contribution in [-0.4, -0.2) is 48.2 Å². The van der Waals surface area contributed by atoms with Crippen molar-refractivity contribution in [2.45, 2.75) is 38.6 Å². The number of anilines is 1. The van der Waals surface area contributed by atoms with Crippen LogP contribution in [0.15, 0.2) is 6.07 Å². The molecule has 1 aliphatic carbocycles. The predicted molar refractivity (Wildman–Crippen MR) is 79.5 cm³/mol. The molecule has 0 radical (unpaired) electrons. The molecule has 0 aromatic carbocycles. The fraction of sp³-hybridized carbons (Fsp3) is 0.667. The maximum absolute atomic E-state index is 12.3. The van der Waals surface area contributed by atoms with Crippen LogP contribution in [0.1, 0.15) is 42.0 Å². The van der Waals surface area contributed by atoms with Crippen molar-refractivity contribution in [1.29, 1.82) is 0 Å². The Morgan fingerprint density at radius 2 is 2.00 bits per heavy atom. The topological polar surface area (TPSA) is 67.4 Å². The number of aromatic nitrogens is 2. The molecule has 1 amide bonds. The van der Waals surface area contributed by atoms with Crippen LogP contribution in [0.4, 0.5) is 5.82 Å². The Labute approximate surface area is 124 Å². The molecule has 1 saturated carbocycles. The predicted octanol–water partition coefficient (Wildman–Crippen LogP) is 1.29. The number of nitrogens with zero attached hydrogens (tertiary/aromatic N) is 3. The van der Waals surface area contributed by atoms with Crippen molar-refractivity contribution in [3.63, 3.8) is 0 Å². The van der Waals surface area contributed by atoms with E-state index in [2.05, 4.69) is 20.2 Å². The lowest BCUT2D eigenvalue weighted by atomic mass is 10.2. The van der Waals surface area contributed by atoms with E-state index in [-0.39, 0.29) is 5.91 Å². The van der Waals surface area contributed by atoms with Crippen molar-refractivity contribution in [2.75, 3.05) is 31.2 Å². The molecular formula is C15H22N4O2. The van der Waals surface area contributed by atoms with Gasteiger partial charge in [0.2, 0.25) is 0 Å². The van der Waals surface area contributed by atoms with Crippen LogP contribution in [-0.2, 0) is 4.74 Å². The van der Waals surface area contributed by atoms with E-state index >= 15 is 0 Å². The molecule has 2 heterocycles. The van der Waals surface area contributed by atoms with Crippen LogP contribution >= 0.6 is 0 Å². The summed E-state index contributed by atoms with van der Waals surface area (Å²) in [6, 6.07) is 2.10. The van der Waals surface area contributed by atoms with Gasteiger partial charge in [-0.1, -0.05) is 12.8 Å². The first kappa shape index (κ1) is 14.3. The normalized spacial score (nSPS) is 19.8. The summed E-state index contributed by atoms with van der Waals surface area (Å²) in [4.78, 5) is 23.2. The van der Waals surface area contributed by atoms with E-state index in [1.165, 1.54) is 12.8 Å². The minimum absolute atomic E-state index is 0.0816. The average molecular weight is 290 g/mol. The first-order valence-electron chi connectivity index (χ1n) is 7.71. The third-order valence-corrected chi connectivity index (χ3v) is 4.08. The summed E-state index contributed by atoms with van der Waals surface area (Å²) >= 11 is 0. The molecule has 1 aromatic rings.